The summed E-state index contributed by atoms with van der Waals surface area (Å²) in [5, 5.41) is 3.02. The maximum Gasteiger partial charge on any atom is 0.256 e. The van der Waals surface area contributed by atoms with Gasteiger partial charge in [0.05, 0.1) is 5.56 Å². The number of amides is 2. The van der Waals surface area contributed by atoms with Crippen LogP contribution in [0.4, 0.5) is 11.4 Å². The average Bonchev–Trinajstić information content (AvgIpc) is 3.38. The van der Waals surface area contributed by atoms with Gasteiger partial charge in [0.15, 0.2) is 0 Å². The number of nitrogens with one attached hydrogen (secondary N) is 1. The molecule has 0 aromatic heterocycles. The van der Waals surface area contributed by atoms with Gasteiger partial charge in [-0.05, 0) is 80.3 Å². The number of unbranched alkanes of at least 4 members (excludes halogenated alkanes) is 1. The summed E-state index contributed by atoms with van der Waals surface area (Å²) in [5.41, 5.74) is 4.27. The van der Waals surface area contributed by atoms with Crippen LogP contribution in [0.15, 0.2) is 42.5 Å². The molecule has 2 aliphatic heterocycles. The first-order chi connectivity index (χ1) is 16.0. The van der Waals surface area contributed by atoms with Crippen molar-refractivity contribution in [2.24, 2.45) is 5.92 Å². The molecule has 0 unspecified atom stereocenters. The highest BCUT2D eigenvalue weighted by Crippen LogP contribution is 2.30. The fourth-order valence-corrected chi connectivity index (χ4v) is 4.81. The second-order valence-electron chi connectivity index (χ2n) is 9.66. The molecule has 2 heterocycles. The number of nitrogens with zero attached hydrogens (tertiary/aromatic N) is 2. The van der Waals surface area contributed by atoms with Crippen LogP contribution < -0.4 is 10.2 Å². The third-order valence-corrected chi connectivity index (χ3v) is 7.04. The zero-order valence-corrected chi connectivity index (χ0v) is 20.1. The Labute approximate surface area is 198 Å². The standard InChI is InChI=1S/C28H37N3O2/c1-3-4-7-22-8-10-23(11-9-22)27(32)29-24-12-13-26(30-18-14-21(2)15-19-30)25(20-24)28(33)31-16-5-6-17-31/h8-13,20-21H,3-7,14-19H2,1-2H3,(H,29,32). The van der Waals surface area contributed by atoms with E-state index < -0.39 is 0 Å². The molecule has 5 nitrogen and oxygen atoms in total. The van der Waals surface area contributed by atoms with Gasteiger partial charge in [-0.15, -0.1) is 0 Å². The molecule has 0 atom stereocenters. The largest absolute Gasteiger partial charge is 0.371 e. The highest BCUT2D eigenvalue weighted by molar-refractivity contribution is 6.06. The molecule has 176 valence electrons. The lowest BCUT2D eigenvalue weighted by molar-refractivity contribution is 0.0793. The number of hydrogen-bond acceptors (Lipinski definition) is 3. The molecule has 4 rings (SSSR count). The third-order valence-electron chi connectivity index (χ3n) is 7.04. The summed E-state index contributed by atoms with van der Waals surface area (Å²) < 4.78 is 0. The van der Waals surface area contributed by atoms with Crippen LogP contribution in [-0.2, 0) is 6.42 Å². The fourth-order valence-electron chi connectivity index (χ4n) is 4.81. The molecule has 5 heteroatoms. The number of anilines is 2. The first-order valence-electron chi connectivity index (χ1n) is 12.6. The highest BCUT2D eigenvalue weighted by Gasteiger charge is 2.26. The summed E-state index contributed by atoms with van der Waals surface area (Å²) in [4.78, 5) is 30.6. The van der Waals surface area contributed by atoms with E-state index in [0.29, 0.717) is 16.8 Å². The lowest BCUT2D eigenvalue weighted by Gasteiger charge is -2.34. The minimum Gasteiger partial charge on any atom is -0.371 e. The van der Waals surface area contributed by atoms with E-state index in [1.807, 2.05) is 47.4 Å². The molecule has 2 aromatic carbocycles. The van der Waals surface area contributed by atoms with E-state index in [2.05, 4.69) is 24.1 Å². The number of rotatable bonds is 7. The number of piperidine rings is 1. The summed E-state index contributed by atoms with van der Waals surface area (Å²) in [5.74, 6) is 0.666. The Bertz CT molecular complexity index is 956. The minimum atomic E-state index is -0.142. The smallest absolute Gasteiger partial charge is 0.256 e. The number of aryl methyl sites for hydroxylation is 1. The maximum absolute atomic E-state index is 13.4. The van der Waals surface area contributed by atoms with Gasteiger partial charge in [0.1, 0.15) is 0 Å². The molecule has 33 heavy (non-hydrogen) atoms. The quantitative estimate of drug-likeness (QED) is 0.588. The molecule has 0 aliphatic carbocycles. The van der Waals surface area contributed by atoms with Gasteiger partial charge < -0.3 is 15.1 Å². The van der Waals surface area contributed by atoms with Crippen molar-refractivity contribution in [1.29, 1.82) is 0 Å². The van der Waals surface area contributed by atoms with Gasteiger partial charge in [-0.2, -0.15) is 0 Å². The van der Waals surface area contributed by atoms with Gasteiger partial charge >= 0.3 is 0 Å². The second-order valence-corrected chi connectivity index (χ2v) is 9.66. The molecule has 0 radical (unpaired) electrons. The monoisotopic (exact) mass is 447 g/mol. The average molecular weight is 448 g/mol. The maximum atomic E-state index is 13.4. The summed E-state index contributed by atoms with van der Waals surface area (Å²) in [6.45, 7) is 8.05. The predicted octanol–water partition coefficient (Wildman–Crippen LogP) is 5.75. The Kier molecular flexibility index (Phi) is 7.69. The number of hydrogen-bond donors (Lipinski definition) is 1. The first-order valence-corrected chi connectivity index (χ1v) is 12.6. The molecule has 2 amide bonds. The van der Waals surface area contributed by atoms with Crippen LogP contribution in [0.5, 0.6) is 0 Å². The molecular formula is C28H37N3O2. The normalized spacial score (nSPS) is 16.8. The topological polar surface area (TPSA) is 52.7 Å². The lowest BCUT2D eigenvalue weighted by atomic mass is 9.97. The van der Waals surface area contributed by atoms with Crippen molar-refractivity contribution >= 4 is 23.2 Å². The van der Waals surface area contributed by atoms with E-state index >= 15 is 0 Å². The van der Waals surface area contributed by atoms with Gasteiger partial charge in [-0.3, -0.25) is 9.59 Å². The predicted molar refractivity (Wildman–Crippen MR) is 135 cm³/mol. The van der Waals surface area contributed by atoms with Crippen molar-refractivity contribution in [1.82, 2.24) is 4.90 Å². The zero-order chi connectivity index (χ0) is 23.2. The van der Waals surface area contributed by atoms with E-state index in [1.165, 1.54) is 5.56 Å². The van der Waals surface area contributed by atoms with Crippen LogP contribution in [-0.4, -0.2) is 42.9 Å². The van der Waals surface area contributed by atoms with Gasteiger partial charge in [-0.25, -0.2) is 0 Å². The number of likely N-dealkylation sites (tertiary alicyclic amines) is 1. The van der Waals surface area contributed by atoms with Crippen molar-refractivity contribution in [3.8, 4) is 0 Å². The Morgan fingerprint density at radius 3 is 2.33 bits per heavy atom. The van der Waals surface area contributed by atoms with Gasteiger partial charge in [0, 0.05) is 43.1 Å². The molecule has 0 saturated carbocycles. The molecular weight excluding hydrogens is 410 g/mol. The van der Waals surface area contributed by atoms with Gasteiger partial charge in [-0.1, -0.05) is 32.4 Å². The molecule has 2 aromatic rings. The molecule has 2 aliphatic rings. The third kappa shape index (κ3) is 5.76. The van der Waals surface area contributed by atoms with E-state index in [9.17, 15) is 9.59 Å². The summed E-state index contributed by atoms with van der Waals surface area (Å²) in [7, 11) is 0. The Morgan fingerprint density at radius 2 is 1.67 bits per heavy atom. The van der Waals surface area contributed by atoms with Gasteiger partial charge in [0.25, 0.3) is 11.8 Å². The van der Waals surface area contributed by atoms with E-state index in [4.69, 9.17) is 0 Å². The minimum absolute atomic E-state index is 0.0810. The van der Waals surface area contributed by atoms with Crippen molar-refractivity contribution in [2.75, 3.05) is 36.4 Å². The Morgan fingerprint density at radius 1 is 0.970 bits per heavy atom. The Hall–Kier alpha value is -2.82. The zero-order valence-electron chi connectivity index (χ0n) is 20.1. The first kappa shape index (κ1) is 23.3. The second kappa shape index (κ2) is 10.9. The SMILES string of the molecule is CCCCc1ccc(C(=O)Nc2ccc(N3CCC(C)CC3)c(C(=O)N3CCCC3)c2)cc1. The highest BCUT2D eigenvalue weighted by atomic mass is 16.2. The summed E-state index contributed by atoms with van der Waals surface area (Å²) >= 11 is 0. The fraction of sp³-hybridized carbons (Fsp3) is 0.500. The molecule has 2 fully saturated rings. The van der Waals surface area contributed by atoms with Crippen LogP contribution in [0.25, 0.3) is 0 Å². The Balaban J connectivity index is 1.53. The number of carbonyl (C=O) groups excluding carboxylic acids is 2. The van der Waals surface area contributed by atoms with Gasteiger partial charge in [0.2, 0.25) is 0 Å². The van der Waals surface area contributed by atoms with E-state index in [0.717, 1.165) is 82.7 Å². The van der Waals surface area contributed by atoms with Crippen molar-refractivity contribution in [3.05, 3.63) is 59.2 Å². The molecule has 2 saturated heterocycles. The molecule has 0 bridgehead atoms. The van der Waals surface area contributed by atoms with Crippen molar-refractivity contribution in [3.63, 3.8) is 0 Å². The lowest BCUT2D eigenvalue weighted by Crippen LogP contribution is -2.35. The summed E-state index contributed by atoms with van der Waals surface area (Å²) in [6.07, 6.45) is 7.76. The summed E-state index contributed by atoms with van der Waals surface area (Å²) in [6, 6.07) is 13.7. The van der Waals surface area contributed by atoms with Crippen LogP contribution in [0.2, 0.25) is 0 Å². The van der Waals surface area contributed by atoms with Crippen LogP contribution in [0, 0.1) is 5.92 Å². The van der Waals surface area contributed by atoms with E-state index in [-0.39, 0.29) is 11.8 Å². The van der Waals surface area contributed by atoms with E-state index in [1.54, 1.807) is 0 Å². The number of carbonyl (C=O) groups is 2. The van der Waals surface area contributed by atoms with Crippen LogP contribution in [0.1, 0.15) is 78.7 Å². The number of benzene rings is 2. The van der Waals surface area contributed by atoms with Crippen LogP contribution in [0.3, 0.4) is 0 Å². The van der Waals surface area contributed by atoms with Crippen molar-refractivity contribution < 1.29 is 9.59 Å². The van der Waals surface area contributed by atoms with Crippen molar-refractivity contribution in [2.45, 2.75) is 58.8 Å². The van der Waals surface area contributed by atoms with Crippen LogP contribution >= 0.6 is 0 Å². The molecule has 1 N–H and O–H groups in total. The molecule has 0 spiro atoms.